The second-order valence-corrected chi connectivity index (χ2v) is 6.32. The second-order valence-electron chi connectivity index (χ2n) is 5.92. The lowest BCUT2D eigenvalue weighted by Gasteiger charge is -2.31. The van der Waals surface area contributed by atoms with E-state index in [0.717, 1.165) is 0 Å². The van der Waals surface area contributed by atoms with Gasteiger partial charge in [0.15, 0.2) is 0 Å². The molecule has 7 nitrogen and oxygen atoms in total. The number of hydrogen-bond donors (Lipinski definition) is 1. The number of ether oxygens (including phenoxy) is 1. The lowest BCUT2D eigenvalue weighted by Crippen LogP contribution is -2.37. The number of rotatable bonds is 4. The summed E-state index contributed by atoms with van der Waals surface area (Å²) >= 11 is 6.36. The van der Waals surface area contributed by atoms with Gasteiger partial charge in [0, 0.05) is 18.7 Å². The number of nitrogens with one attached hydrogen (secondary N) is 1. The van der Waals surface area contributed by atoms with Crippen molar-refractivity contribution in [2.45, 2.75) is 6.92 Å². The van der Waals surface area contributed by atoms with E-state index >= 15 is 0 Å². The van der Waals surface area contributed by atoms with E-state index in [0.29, 0.717) is 48.3 Å². The molecule has 1 saturated heterocycles. The molecular weight excluding hydrogens is 358 g/mol. The molecule has 1 N–H and O–H groups in total. The first-order valence-electron chi connectivity index (χ1n) is 8.15. The third-order valence-electron chi connectivity index (χ3n) is 4.23. The van der Waals surface area contributed by atoms with Crippen molar-refractivity contribution in [3.8, 4) is 0 Å². The molecule has 2 aromatic carbocycles. The summed E-state index contributed by atoms with van der Waals surface area (Å²) in [6.07, 6.45) is 0. The fourth-order valence-corrected chi connectivity index (χ4v) is 3.29. The fraction of sp³-hybridized carbons (Fsp3) is 0.278. The van der Waals surface area contributed by atoms with Crippen molar-refractivity contribution in [3.05, 3.63) is 62.7 Å². The van der Waals surface area contributed by atoms with E-state index in [2.05, 4.69) is 5.32 Å². The van der Waals surface area contributed by atoms with Crippen LogP contribution in [0.15, 0.2) is 36.4 Å². The number of carbonyl (C=O) groups is 1. The summed E-state index contributed by atoms with van der Waals surface area (Å²) in [5.41, 5.74) is 1.46. The summed E-state index contributed by atoms with van der Waals surface area (Å²) in [4.78, 5) is 25.6. The molecule has 0 unspecified atom stereocenters. The van der Waals surface area contributed by atoms with Gasteiger partial charge in [-0.05, 0) is 25.1 Å². The molecule has 1 aliphatic rings. The van der Waals surface area contributed by atoms with Crippen molar-refractivity contribution >= 4 is 34.6 Å². The van der Waals surface area contributed by atoms with Crippen molar-refractivity contribution < 1.29 is 14.5 Å². The minimum absolute atomic E-state index is 0.0166. The van der Waals surface area contributed by atoms with Crippen molar-refractivity contribution in [2.24, 2.45) is 0 Å². The van der Waals surface area contributed by atoms with Gasteiger partial charge in [-0.25, -0.2) is 0 Å². The Morgan fingerprint density at radius 3 is 2.62 bits per heavy atom. The number of nitro benzene ring substituents is 1. The first kappa shape index (κ1) is 18.2. The number of nitro groups is 1. The minimum atomic E-state index is -0.544. The summed E-state index contributed by atoms with van der Waals surface area (Å²) in [5.74, 6) is -0.544. The smallest absolute Gasteiger partial charge is 0.285 e. The van der Waals surface area contributed by atoms with Gasteiger partial charge in [0.25, 0.3) is 11.6 Å². The van der Waals surface area contributed by atoms with Crippen LogP contribution in [0.2, 0.25) is 5.02 Å². The number of nitrogens with zero attached hydrogens (tertiary/aromatic N) is 2. The summed E-state index contributed by atoms with van der Waals surface area (Å²) in [5, 5.41) is 14.6. The van der Waals surface area contributed by atoms with E-state index in [1.165, 1.54) is 6.07 Å². The molecule has 0 spiro atoms. The molecule has 1 fully saturated rings. The van der Waals surface area contributed by atoms with E-state index in [4.69, 9.17) is 16.3 Å². The van der Waals surface area contributed by atoms with Crippen LogP contribution in [0.4, 0.5) is 17.1 Å². The molecule has 0 aliphatic carbocycles. The third-order valence-corrected chi connectivity index (χ3v) is 4.53. The molecule has 1 aliphatic heterocycles. The highest BCUT2D eigenvalue weighted by atomic mass is 35.5. The summed E-state index contributed by atoms with van der Waals surface area (Å²) in [6.45, 7) is 4.05. The Morgan fingerprint density at radius 2 is 1.92 bits per heavy atom. The van der Waals surface area contributed by atoms with Crippen LogP contribution in [0, 0.1) is 17.0 Å². The standard InChI is InChI=1S/C18H18ClN3O4/c1-12-4-2-5-13(16(12)22(24)25)18(23)20-15-7-3-6-14(19)17(15)21-8-10-26-11-9-21/h2-7H,8-11H2,1H3,(H,20,23). The number of carbonyl (C=O) groups excluding carboxylic acids is 1. The summed E-state index contributed by atoms with van der Waals surface area (Å²) in [7, 11) is 0. The molecule has 0 atom stereocenters. The molecule has 8 heteroatoms. The average molecular weight is 376 g/mol. The van der Waals surface area contributed by atoms with E-state index in [-0.39, 0.29) is 11.3 Å². The molecule has 26 heavy (non-hydrogen) atoms. The fourth-order valence-electron chi connectivity index (χ4n) is 3.00. The number of morpholine rings is 1. The Kier molecular flexibility index (Phi) is 5.39. The maximum atomic E-state index is 12.7. The molecule has 3 rings (SSSR count). The van der Waals surface area contributed by atoms with Gasteiger partial charge in [-0.15, -0.1) is 0 Å². The number of para-hydroxylation sites is 2. The highest BCUT2D eigenvalue weighted by molar-refractivity contribution is 6.34. The van der Waals surface area contributed by atoms with Gasteiger partial charge in [0.05, 0.1) is 34.5 Å². The maximum absolute atomic E-state index is 12.7. The van der Waals surface area contributed by atoms with Crippen LogP contribution in [0.5, 0.6) is 0 Å². The summed E-state index contributed by atoms with van der Waals surface area (Å²) in [6, 6.07) is 9.88. The number of amides is 1. The van der Waals surface area contributed by atoms with Crippen LogP contribution in [0.3, 0.4) is 0 Å². The number of halogens is 1. The molecule has 0 saturated carbocycles. The number of benzene rings is 2. The Balaban J connectivity index is 1.95. The normalized spacial score (nSPS) is 14.2. The van der Waals surface area contributed by atoms with Gasteiger partial charge >= 0.3 is 0 Å². The molecule has 1 amide bonds. The van der Waals surface area contributed by atoms with Crippen molar-refractivity contribution in [3.63, 3.8) is 0 Å². The van der Waals surface area contributed by atoms with Gasteiger partial charge in [-0.3, -0.25) is 14.9 Å². The average Bonchev–Trinajstić information content (AvgIpc) is 2.62. The monoisotopic (exact) mass is 375 g/mol. The van der Waals surface area contributed by atoms with Gasteiger partial charge < -0.3 is 15.0 Å². The number of hydrogen-bond acceptors (Lipinski definition) is 5. The van der Waals surface area contributed by atoms with Crippen molar-refractivity contribution in [2.75, 3.05) is 36.5 Å². The number of aryl methyl sites for hydroxylation is 1. The molecule has 0 aromatic heterocycles. The molecule has 136 valence electrons. The third kappa shape index (κ3) is 3.63. The summed E-state index contributed by atoms with van der Waals surface area (Å²) < 4.78 is 5.36. The lowest BCUT2D eigenvalue weighted by atomic mass is 10.1. The maximum Gasteiger partial charge on any atom is 0.285 e. The van der Waals surface area contributed by atoms with Crippen molar-refractivity contribution in [1.29, 1.82) is 0 Å². The van der Waals surface area contributed by atoms with Crippen LogP contribution < -0.4 is 10.2 Å². The molecule has 0 bridgehead atoms. The van der Waals surface area contributed by atoms with Gasteiger partial charge in [0.1, 0.15) is 5.56 Å². The highest BCUT2D eigenvalue weighted by Crippen LogP contribution is 2.35. The van der Waals surface area contributed by atoms with Gasteiger partial charge in [-0.2, -0.15) is 0 Å². The first-order chi connectivity index (χ1) is 12.5. The predicted molar refractivity (Wildman–Crippen MR) is 100 cm³/mol. The highest BCUT2D eigenvalue weighted by Gasteiger charge is 2.24. The van der Waals surface area contributed by atoms with Crippen LogP contribution in [-0.2, 0) is 4.74 Å². The lowest BCUT2D eigenvalue weighted by molar-refractivity contribution is -0.385. The SMILES string of the molecule is Cc1cccc(C(=O)Nc2cccc(Cl)c2N2CCOCC2)c1[N+](=O)[O-]. The van der Waals surface area contributed by atoms with Crippen LogP contribution >= 0.6 is 11.6 Å². The Labute approximate surface area is 155 Å². The van der Waals surface area contributed by atoms with E-state index in [1.54, 1.807) is 37.3 Å². The molecule has 2 aromatic rings. The van der Waals surface area contributed by atoms with E-state index in [1.807, 2.05) is 4.90 Å². The second kappa shape index (κ2) is 7.72. The Morgan fingerprint density at radius 1 is 1.23 bits per heavy atom. The van der Waals surface area contributed by atoms with Gasteiger partial charge in [0.2, 0.25) is 0 Å². The van der Waals surface area contributed by atoms with Crippen LogP contribution in [0.25, 0.3) is 0 Å². The minimum Gasteiger partial charge on any atom is -0.378 e. The van der Waals surface area contributed by atoms with Crippen LogP contribution in [0.1, 0.15) is 15.9 Å². The zero-order valence-corrected chi connectivity index (χ0v) is 15.0. The Bertz CT molecular complexity index is 850. The quantitative estimate of drug-likeness (QED) is 0.651. The van der Waals surface area contributed by atoms with Crippen molar-refractivity contribution in [1.82, 2.24) is 0 Å². The predicted octanol–water partition coefficient (Wildman–Crippen LogP) is 3.65. The molecular formula is C18H18ClN3O4. The van der Waals surface area contributed by atoms with E-state index < -0.39 is 10.8 Å². The molecule has 0 radical (unpaired) electrons. The zero-order chi connectivity index (χ0) is 18.7. The van der Waals surface area contributed by atoms with E-state index in [9.17, 15) is 14.9 Å². The first-order valence-corrected chi connectivity index (χ1v) is 8.53. The molecule has 1 heterocycles. The van der Waals surface area contributed by atoms with Gasteiger partial charge in [-0.1, -0.05) is 29.8 Å². The zero-order valence-electron chi connectivity index (χ0n) is 14.2. The topological polar surface area (TPSA) is 84.7 Å². The largest absolute Gasteiger partial charge is 0.378 e. The number of anilines is 2. The Hall–Kier alpha value is -2.64. The van der Waals surface area contributed by atoms with Crippen LogP contribution in [-0.4, -0.2) is 37.1 Å².